The molecule has 0 aromatic heterocycles. The van der Waals surface area contributed by atoms with Crippen LogP contribution in [0.1, 0.15) is 39.2 Å². The van der Waals surface area contributed by atoms with Gasteiger partial charge in [0.15, 0.2) is 0 Å². The van der Waals surface area contributed by atoms with Gasteiger partial charge >= 0.3 is 0 Å². The molecule has 0 heterocycles. The van der Waals surface area contributed by atoms with Gasteiger partial charge in [-0.15, -0.1) is 0 Å². The first kappa shape index (κ1) is 14.5. The van der Waals surface area contributed by atoms with E-state index < -0.39 is 0 Å². The third kappa shape index (κ3) is 4.00. The van der Waals surface area contributed by atoms with Gasteiger partial charge in [0.1, 0.15) is 5.75 Å². The third-order valence-corrected chi connectivity index (χ3v) is 4.08. The summed E-state index contributed by atoms with van der Waals surface area (Å²) < 4.78 is 0.756. The molecule has 0 aliphatic heterocycles. The molecule has 0 spiro atoms. The minimum atomic E-state index is 0.344. The maximum atomic E-state index is 9.88. The molecule has 96 valence electrons. The molecule has 0 aliphatic rings. The summed E-state index contributed by atoms with van der Waals surface area (Å²) in [4.78, 5) is 0. The minimum absolute atomic E-state index is 0.344. The van der Waals surface area contributed by atoms with E-state index in [1.54, 1.807) is 0 Å². The topological polar surface area (TPSA) is 32.3 Å². The van der Waals surface area contributed by atoms with Gasteiger partial charge in [-0.25, -0.2) is 0 Å². The molecule has 1 aromatic rings. The van der Waals surface area contributed by atoms with E-state index in [2.05, 4.69) is 42.0 Å². The van der Waals surface area contributed by atoms with Crippen molar-refractivity contribution < 1.29 is 5.11 Å². The molecule has 0 saturated carbocycles. The molecule has 0 fully saturated rings. The van der Waals surface area contributed by atoms with Crippen molar-refractivity contribution in [3.05, 3.63) is 28.2 Å². The van der Waals surface area contributed by atoms with Gasteiger partial charge in [0.25, 0.3) is 0 Å². The summed E-state index contributed by atoms with van der Waals surface area (Å²) in [5, 5.41) is 13.4. The number of benzene rings is 1. The van der Waals surface area contributed by atoms with Crippen molar-refractivity contribution in [2.75, 3.05) is 0 Å². The van der Waals surface area contributed by atoms with Crippen LogP contribution >= 0.6 is 15.9 Å². The molecule has 0 amide bonds. The van der Waals surface area contributed by atoms with Gasteiger partial charge in [-0.3, -0.25) is 0 Å². The van der Waals surface area contributed by atoms with Crippen LogP contribution in [0.5, 0.6) is 5.75 Å². The minimum Gasteiger partial charge on any atom is -0.506 e. The van der Waals surface area contributed by atoms with Gasteiger partial charge in [0, 0.05) is 18.2 Å². The zero-order valence-electron chi connectivity index (χ0n) is 10.8. The Morgan fingerprint density at radius 2 is 1.94 bits per heavy atom. The van der Waals surface area contributed by atoms with Crippen molar-refractivity contribution in [3.63, 3.8) is 0 Å². The van der Waals surface area contributed by atoms with E-state index in [1.807, 2.05) is 18.2 Å². The highest BCUT2D eigenvalue weighted by molar-refractivity contribution is 9.10. The van der Waals surface area contributed by atoms with Crippen molar-refractivity contribution in [2.24, 2.45) is 5.92 Å². The fraction of sp³-hybridized carbons (Fsp3) is 0.571. The SMILES string of the molecule is CCC(CC)C(C)NCc1cccc(Br)c1O. The van der Waals surface area contributed by atoms with Gasteiger partial charge in [-0.2, -0.15) is 0 Å². The first-order chi connectivity index (χ1) is 8.10. The lowest BCUT2D eigenvalue weighted by Crippen LogP contribution is -2.32. The van der Waals surface area contributed by atoms with Crippen LogP contribution in [0.4, 0.5) is 0 Å². The highest BCUT2D eigenvalue weighted by Gasteiger charge is 2.13. The van der Waals surface area contributed by atoms with Crippen LogP contribution in [0.2, 0.25) is 0 Å². The first-order valence-corrected chi connectivity index (χ1v) is 7.09. The fourth-order valence-corrected chi connectivity index (χ4v) is 2.54. The molecule has 0 radical (unpaired) electrons. The number of phenols is 1. The molecule has 17 heavy (non-hydrogen) atoms. The van der Waals surface area contributed by atoms with E-state index in [-0.39, 0.29) is 0 Å². The number of hydrogen-bond donors (Lipinski definition) is 2. The first-order valence-electron chi connectivity index (χ1n) is 6.29. The lowest BCUT2D eigenvalue weighted by Gasteiger charge is -2.22. The standard InChI is InChI=1S/C14H22BrNO/c1-4-11(5-2)10(3)16-9-12-7-6-8-13(15)14(12)17/h6-8,10-11,16-17H,4-5,9H2,1-3H3. The van der Waals surface area contributed by atoms with Crippen molar-refractivity contribution >= 4 is 15.9 Å². The average molecular weight is 300 g/mol. The lowest BCUT2D eigenvalue weighted by molar-refractivity contribution is 0.350. The van der Waals surface area contributed by atoms with Gasteiger partial charge in [-0.1, -0.05) is 38.8 Å². The van der Waals surface area contributed by atoms with Gasteiger partial charge in [-0.05, 0) is 34.8 Å². The maximum Gasteiger partial charge on any atom is 0.134 e. The van der Waals surface area contributed by atoms with Crippen molar-refractivity contribution in [1.29, 1.82) is 0 Å². The Balaban J connectivity index is 2.58. The maximum absolute atomic E-state index is 9.88. The molecule has 0 bridgehead atoms. The number of halogens is 1. The van der Waals surface area contributed by atoms with Crippen LogP contribution in [-0.4, -0.2) is 11.1 Å². The number of aromatic hydroxyl groups is 1. The Kier molecular flexibility index (Phi) is 6.00. The van der Waals surface area contributed by atoms with Crippen LogP contribution in [0.15, 0.2) is 22.7 Å². The number of phenolic OH excluding ortho intramolecular Hbond substituents is 1. The average Bonchev–Trinajstić information content (AvgIpc) is 2.32. The van der Waals surface area contributed by atoms with E-state index in [4.69, 9.17) is 0 Å². The van der Waals surface area contributed by atoms with Crippen LogP contribution in [0, 0.1) is 5.92 Å². The van der Waals surface area contributed by atoms with E-state index in [1.165, 1.54) is 12.8 Å². The van der Waals surface area contributed by atoms with Crippen molar-refractivity contribution in [2.45, 2.75) is 46.2 Å². The highest BCUT2D eigenvalue weighted by atomic mass is 79.9. The largest absolute Gasteiger partial charge is 0.506 e. The second kappa shape index (κ2) is 7.02. The second-order valence-corrected chi connectivity index (χ2v) is 5.35. The van der Waals surface area contributed by atoms with Gasteiger partial charge < -0.3 is 10.4 Å². The van der Waals surface area contributed by atoms with Crippen molar-refractivity contribution in [3.8, 4) is 5.75 Å². The Morgan fingerprint density at radius 1 is 1.29 bits per heavy atom. The molecular formula is C14H22BrNO. The van der Waals surface area contributed by atoms with Crippen LogP contribution in [-0.2, 0) is 6.54 Å². The predicted octanol–water partition coefficient (Wildman–Crippen LogP) is 4.07. The molecular weight excluding hydrogens is 278 g/mol. The summed E-state index contributed by atoms with van der Waals surface area (Å²) in [5.74, 6) is 1.04. The van der Waals surface area contributed by atoms with E-state index in [0.29, 0.717) is 24.3 Å². The number of rotatable bonds is 6. The Bertz CT molecular complexity index is 350. The molecule has 1 atom stereocenters. The Morgan fingerprint density at radius 3 is 2.53 bits per heavy atom. The van der Waals surface area contributed by atoms with Crippen LogP contribution in [0.25, 0.3) is 0 Å². The molecule has 1 aromatic carbocycles. The molecule has 1 unspecified atom stereocenters. The summed E-state index contributed by atoms with van der Waals surface area (Å²) in [6.07, 6.45) is 2.38. The summed E-state index contributed by atoms with van der Waals surface area (Å²) in [6, 6.07) is 6.22. The lowest BCUT2D eigenvalue weighted by atomic mass is 9.95. The third-order valence-electron chi connectivity index (χ3n) is 3.44. The smallest absolute Gasteiger partial charge is 0.134 e. The summed E-state index contributed by atoms with van der Waals surface area (Å²) in [6.45, 7) is 7.38. The normalized spacial score (nSPS) is 13.0. The molecule has 0 aliphatic carbocycles. The van der Waals surface area contributed by atoms with Gasteiger partial charge in [0.2, 0.25) is 0 Å². The summed E-state index contributed by atoms with van der Waals surface area (Å²) in [7, 11) is 0. The molecule has 2 N–H and O–H groups in total. The zero-order valence-corrected chi connectivity index (χ0v) is 12.4. The monoisotopic (exact) mass is 299 g/mol. The van der Waals surface area contributed by atoms with E-state index in [0.717, 1.165) is 10.0 Å². The Hall–Kier alpha value is -0.540. The number of para-hydroxylation sites is 1. The van der Waals surface area contributed by atoms with E-state index >= 15 is 0 Å². The fourth-order valence-electron chi connectivity index (χ4n) is 2.14. The highest BCUT2D eigenvalue weighted by Crippen LogP contribution is 2.27. The van der Waals surface area contributed by atoms with E-state index in [9.17, 15) is 5.11 Å². The number of nitrogens with one attached hydrogen (secondary N) is 1. The molecule has 2 nitrogen and oxygen atoms in total. The quantitative estimate of drug-likeness (QED) is 0.830. The second-order valence-electron chi connectivity index (χ2n) is 4.49. The molecule has 3 heteroatoms. The summed E-state index contributed by atoms with van der Waals surface area (Å²) in [5.41, 5.74) is 0.942. The summed E-state index contributed by atoms with van der Waals surface area (Å²) >= 11 is 3.33. The zero-order chi connectivity index (χ0) is 12.8. The van der Waals surface area contributed by atoms with Gasteiger partial charge in [0.05, 0.1) is 4.47 Å². The molecule has 0 saturated heterocycles. The number of hydrogen-bond acceptors (Lipinski definition) is 2. The van der Waals surface area contributed by atoms with Crippen LogP contribution < -0.4 is 5.32 Å². The van der Waals surface area contributed by atoms with Crippen LogP contribution in [0.3, 0.4) is 0 Å². The van der Waals surface area contributed by atoms with Crippen molar-refractivity contribution in [1.82, 2.24) is 5.32 Å². The predicted molar refractivity (Wildman–Crippen MR) is 76.2 cm³/mol. The molecule has 1 rings (SSSR count). The Labute approximate surface area is 113 Å².